The Morgan fingerprint density at radius 2 is 1.94 bits per heavy atom. The van der Waals surface area contributed by atoms with Crippen molar-refractivity contribution in [3.8, 4) is 11.9 Å². The van der Waals surface area contributed by atoms with E-state index >= 15 is 0 Å². The van der Waals surface area contributed by atoms with Gasteiger partial charge in [-0.15, -0.1) is 13.2 Å². The molecule has 0 aliphatic rings. The van der Waals surface area contributed by atoms with E-state index in [2.05, 4.69) is 4.74 Å². The van der Waals surface area contributed by atoms with Gasteiger partial charge in [0.05, 0.1) is 5.69 Å². The Labute approximate surface area is 94.0 Å². The van der Waals surface area contributed by atoms with Crippen molar-refractivity contribution >= 4 is 12.1 Å². The van der Waals surface area contributed by atoms with Gasteiger partial charge in [0.1, 0.15) is 5.75 Å². The van der Waals surface area contributed by atoms with Crippen molar-refractivity contribution in [3.63, 3.8) is 0 Å². The van der Waals surface area contributed by atoms with Crippen LogP contribution in [0.2, 0.25) is 0 Å². The van der Waals surface area contributed by atoms with Crippen molar-refractivity contribution in [1.82, 2.24) is 5.43 Å². The van der Waals surface area contributed by atoms with Crippen molar-refractivity contribution in [3.05, 3.63) is 24.3 Å². The highest BCUT2D eigenvalue weighted by atomic mass is 19.4. The quantitative estimate of drug-likeness (QED) is 0.378. The molecule has 0 saturated carbocycles. The summed E-state index contributed by atoms with van der Waals surface area (Å²) in [5.74, 6) is -0.413. The maximum Gasteiger partial charge on any atom is 0.573 e. The lowest BCUT2D eigenvalue weighted by molar-refractivity contribution is -0.274. The number of alkyl halides is 3. The zero-order chi connectivity index (χ0) is 12.9. The average molecular weight is 245 g/mol. The molecule has 0 atom stereocenters. The molecule has 0 aromatic heterocycles. The molecule has 1 aromatic rings. The number of anilines is 1. The predicted molar refractivity (Wildman–Crippen MR) is 50.4 cm³/mol. The van der Waals surface area contributed by atoms with Crippen LogP contribution in [0, 0.1) is 11.5 Å². The van der Waals surface area contributed by atoms with Gasteiger partial charge in [0.25, 0.3) is 0 Å². The van der Waals surface area contributed by atoms with Crippen molar-refractivity contribution < 1.29 is 22.7 Å². The summed E-state index contributed by atoms with van der Waals surface area (Å²) in [5.41, 5.74) is 2.23. The first-order valence-corrected chi connectivity index (χ1v) is 4.21. The summed E-state index contributed by atoms with van der Waals surface area (Å²) in [7, 11) is 0. The Morgan fingerprint density at radius 3 is 2.35 bits per heavy atom. The summed E-state index contributed by atoms with van der Waals surface area (Å²) in [6.07, 6.45) is -2.96. The summed E-state index contributed by atoms with van der Waals surface area (Å²) in [6.45, 7) is 0. The van der Waals surface area contributed by atoms with E-state index in [4.69, 9.17) is 5.26 Å². The molecular formula is C9H6F3N3O2. The van der Waals surface area contributed by atoms with E-state index in [1.165, 1.54) is 18.3 Å². The molecule has 5 nitrogen and oxygen atoms in total. The van der Waals surface area contributed by atoms with Crippen LogP contribution in [0.15, 0.2) is 24.3 Å². The van der Waals surface area contributed by atoms with Crippen LogP contribution in [-0.4, -0.2) is 12.8 Å². The summed E-state index contributed by atoms with van der Waals surface area (Å²) < 4.78 is 39.2. The zero-order valence-corrected chi connectivity index (χ0v) is 8.23. The molecule has 1 rings (SSSR count). The van der Waals surface area contributed by atoms with Gasteiger partial charge in [0, 0.05) is 0 Å². The number of amides is 1. The molecule has 17 heavy (non-hydrogen) atoms. The van der Waals surface area contributed by atoms with Crippen molar-refractivity contribution in [1.29, 1.82) is 5.26 Å². The minimum atomic E-state index is -4.77. The lowest BCUT2D eigenvalue weighted by Gasteiger charge is -2.15. The van der Waals surface area contributed by atoms with E-state index in [1.807, 2.05) is 5.43 Å². The number of hydrogen-bond acceptors (Lipinski definition) is 4. The molecule has 0 heterocycles. The van der Waals surface area contributed by atoms with E-state index in [9.17, 15) is 18.0 Å². The zero-order valence-electron chi connectivity index (χ0n) is 8.23. The van der Waals surface area contributed by atoms with Gasteiger partial charge in [0.2, 0.25) is 6.41 Å². The first-order valence-electron chi connectivity index (χ1n) is 4.21. The van der Waals surface area contributed by atoms with E-state index in [0.717, 1.165) is 17.1 Å². The van der Waals surface area contributed by atoms with Crippen LogP contribution in [0.3, 0.4) is 0 Å². The third-order valence-electron chi connectivity index (χ3n) is 1.62. The Hall–Kier alpha value is -2.43. The van der Waals surface area contributed by atoms with Crippen molar-refractivity contribution in [2.75, 3.05) is 5.01 Å². The van der Waals surface area contributed by atoms with Crippen LogP contribution in [0.25, 0.3) is 0 Å². The Bertz CT molecular complexity index is 425. The molecular weight excluding hydrogens is 239 g/mol. The average Bonchev–Trinajstić information content (AvgIpc) is 2.25. The summed E-state index contributed by atoms with van der Waals surface area (Å²) in [5, 5.41) is 9.10. The number of hydrazine groups is 1. The highest BCUT2D eigenvalue weighted by molar-refractivity contribution is 5.74. The largest absolute Gasteiger partial charge is 0.573 e. The second kappa shape index (κ2) is 5.07. The normalized spacial score (nSPS) is 10.2. The molecule has 0 saturated heterocycles. The van der Waals surface area contributed by atoms with E-state index in [0.29, 0.717) is 6.41 Å². The number of nitrogens with one attached hydrogen (secondary N) is 1. The molecule has 0 aliphatic heterocycles. The molecule has 0 fully saturated rings. The smallest absolute Gasteiger partial charge is 0.406 e. The molecule has 90 valence electrons. The van der Waals surface area contributed by atoms with Crippen LogP contribution < -0.4 is 15.2 Å². The van der Waals surface area contributed by atoms with Gasteiger partial charge in [-0.3, -0.25) is 4.79 Å². The number of nitriles is 1. The monoisotopic (exact) mass is 245 g/mol. The first-order chi connectivity index (χ1) is 7.96. The standard InChI is InChI=1S/C9H6F3N3O2/c10-9(11,12)17-8-3-1-7(2-4-8)15(6-16)14-5-13/h1-4,6,14H. The fraction of sp³-hybridized carbons (Fsp3) is 0.111. The summed E-state index contributed by atoms with van der Waals surface area (Å²) in [4.78, 5) is 10.5. The first kappa shape index (κ1) is 12.6. The third-order valence-corrected chi connectivity index (χ3v) is 1.62. The number of rotatable bonds is 4. The molecule has 1 N–H and O–H groups in total. The molecule has 1 aromatic carbocycles. The van der Waals surface area contributed by atoms with Gasteiger partial charge in [0.15, 0.2) is 6.19 Å². The van der Waals surface area contributed by atoms with E-state index in [1.54, 1.807) is 0 Å². The second-order valence-corrected chi connectivity index (χ2v) is 2.74. The van der Waals surface area contributed by atoms with Gasteiger partial charge in [-0.25, -0.2) is 10.4 Å². The number of carbonyl (C=O) groups is 1. The highest BCUT2D eigenvalue weighted by Crippen LogP contribution is 2.24. The topological polar surface area (TPSA) is 65.4 Å². The minimum Gasteiger partial charge on any atom is -0.406 e. The maximum atomic E-state index is 11.8. The molecule has 0 radical (unpaired) electrons. The number of halogens is 3. The van der Waals surface area contributed by atoms with Crippen LogP contribution in [-0.2, 0) is 4.79 Å². The van der Waals surface area contributed by atoms with Gasteiger partial charge in [-0.1, -0.05) is 0 Å². The Kier molecular flexibility index (Phi) is 3.77. The number of ether oxygens (including phenoxy) is 1. The molecule has 0 bridgehead atoms. The SMILES string of the molecule is N#CNN(C=O)c1ccc(OC(F)(F)F)cc1. The van der Waals surface area contributed by atoms with Gasteiger partial charge in [-0.2, -0.15) is 5.26 Å². The molecule has 8 heteroatoms. The van der Waals surface area contributed by atoms with Crippen LogP contribution >= 0.6 is 0 Å². The van der Waals surface area contributed by atoms with Crippen molar-refractivity contribution in [2.24, 2.45) is 0 Å². The lowest BCUT2D eigenvalue weighted by Crippen LogP contribution is -2.32. The Morgan fingerprint density at radius 1 is 1.35 bits per heavy atom. The highest BCUT2D eigenvalue weighted by Gasteiger charge is 2.30. The summed E-state index contributed by atoms with van der Waals surface area (Å²) in [6, 6.07) is 4.44. The van der Waals surface area contributed by atoms with E-state index in [-0.39, 0.29) is 5.69 Å². The molecule has 0 spiro atoms. The molecule has 0 aliphatic carbocycles. The van der Waals surface area contributed by atoms with Gasteiger partial charge >= 0.3 is 6.36 Å². The molecule has 0 unspecified atom stereocenters. The molecule has 1 amide bonds. The number of nitrogens with zero attached hydrogens (tertiary/aromatic N) is 2. The predicted octanol–water partition coefficient (Wildman–Crippen LogP) is 1.53. The summed E-state index contributed by atoms with van der Waals surface area (Å²) >= 11 is 0. The van der Waals surface area contributed by atoms with E-state index < -0.39 is 12.1 Å². The second-order valence-electron chi connectivity index (χ2n) is 2.74. The van der Waals surface area contributed by atoms with Crippen LogP contribution in [0.4, 0.5) is 18.9 Å². The minimum absolute atomic E-state index is 0.205. The fourth-order valence-corrected chi connectivity index (χ4v) is 1.01. The number of carbonyl (C=O) groups excluding carboxylic acids is 1. The fourth-order valence-electron chi connectivity index (χ4n) is 1.01. The lowest BCUT2D eigenvalue weighted by atomic mass is 10.3. The Balaban J connectivity index is 2.80. The van der Waals surface area contributed by atoms with Gasteiger partial charge < -0.3 is 4.74 Å². The van der Waals surface area contributed by atoms with Crippen LogP contribution in [0.5, 0.6) is 5.75 Å². The number of hydrogen-bond donors (Lipinski definition) is 1. The third kappa shape index (κ3) is 3.90. The van der Waals surface area contributed by atoms with Crippen molar-refractivity contribution in [2.45, 2.75) is 6.36 Å². The van der Waals surface area contributed by atoms with Crippen LogP contribution in [0.1, 0.15) is 0 Å². The van der Waals surface area contributed by atoms with Gasteiger partial charge in [-0.05, 0) is 24.3 Å². The number of benzene rings is 1. The maximum absolute atomic E-state index is 11.8.